The summed E-state index contributed by atoms with van der Waals surface area (Å²) in [4.78, 5) is 10.7. The third-order valence-electron chi connectivity index (χ3n) is 3.03. The number of carbonyl (C=O) groups is 1. The average molecular weight is 209 g/mol. The Balaban J connectivity index is 2.13. The molecule has 1 saturated carbocycles. The molecule has 0 atom stereocenters. The van der Waals surface area contributed by atoms with Crippen LogP contribution in [0.25, 0.3) is 0 Å². The van der Waals surface area contributed by atoms with Gasteiger partial charge in [-0.25, -0.2) is 0 Å². The van der Waals surface area contributed by atoms with Crippen molar-refractivity contribution in [3.63, 3.8) is 0 Å². The molecule has 3 heteroatoms. The molecular formula is C12H19NO2. The second-order valence-electron chi connectivity index (χ2n) is 4.30. The van der Waals surface area contributed by atoms with E-state index in [-0.39, 0.29) is 12.1 Å². The Morgan fingerprint density at radius 3 is 2.60 bits per heavy atom. The molecule has 0 saturated heterocycles. The van der Waals surface area contributed by atoms with Crippen molar-refractivity contribution in [2.75, 3.05) is 0 Å². The van der Waals surface area contributed by atoms with E-state index in [2.05, 4.69) is 6.07 Å². The minimum atomic E-state index is -0.164. The predicted octanol–water partition coefficient (Wildman–Crippen LogP) is 2.80. The van der Waals surface area contributed by atoms with Gasteiger partial charge in [0.05, 0.1) is 6.07 Å². The first kappa shape index (κ1) is 12.0. The smallest absolute Gasteiger partial charge is 0.302 e. The molecule has 84 valence electrons. The first-order chi connectivity index (χ1) is 7.22. The van der Waals surface area contributed by atoms with Crippen LogP contribution in [0.4, 0.5) is 0 Å². The lowest BCUT2D eigenvalue weighted by Crippen LogP contribution is -2.23. The van der Waals surface area contributed by atoms with Crippen molar-refractivity contribution in [2.24, 2.45) is 5.92 Å². The van der Waals surface area contributed by atoms with Gasteiger partial charge in [-0.2, -0.15) is 5.26 Å². The Hall–Kier alpha value is -1.04. The van der Waals surface area contributed by atoms with Crippen molar-refractivity contribution in [2.45, 2.75) is 58.0 Å². The summed E-state index contributed by atoms with van der Waals surface area (Å²) in [7, 11) is 0. The maximum absolute atomic E-state index is 10.7. The van der Waals surface area contributed by atoms with Gasteiger partial charge in [0, 0.05) is 13.3 Å². The zero-order chi connectivity index (χ0) is 11.1. The lowest BCUT2D eigenvalue weighted by Gasteiger charge is -2.27. The van der Waals surface area contributed by atoms with Crippen molar-refractivity contribution in [3.8, 4) is 6.07 Å². The van der Waals surface area contributed by atoms with Crippen LogP contribution in [-0.4, -0.2) is 12.1 Å². The van der Waals surface area contributed by atoms with Gasteiger partial charge in [-0.05, 0) is 44.4 Å². The van der Waals surface area contributed by atoms with Gasteiger partial charge in [-0.15, -0.1) is 0 Å². The molecule has 1 aliphatic carbocycles. The summed E-state index contributed by atoms with van der Waals surface area (Å²) in [5.74, 6) is 0.577. The van der Waals surface area contributed by atoms with E-state index < -0.39 is 0 Å². The number of rotatable bonds is 4. The maximum Gasteiger partial charge on any atom is 0.302 e. The van der Waals surface area contributed by atoms with Gasteiger partial charge in [-0.1, -0.05) is 0 Å². The molecule has 1 fully saturated rings. The SMILES string of the molecule is CC(=O)OC1CCC(CCCC#N)CC1. The predicted molar refractivity (Wildman–Crippen MR) is 57.0 cm³/mol. The van der Waals surface area contributed by atoms with Crippen LogP contribution in [0, 0.1) is 17.2 Å². The highest BCUT2D eigenvalue weighted by atomic mass is 16.5. The van der Waals surface area contributed by atoms with E-state index in [1.54, 1.807) is 0 Å². The van der Waals surface area contributed by atoms with E-state index in [0.29, 0.717) is 6.42 Å². The van der Waals surface area contributed by atoms with E-state index >= 15 is 0 Å². The highest BCUT2D eigenvalue weighted by Gasteiger charge is 2.22. The maximum atomic E-state index is 10.7. The molecule has 15 heavy (non-hydrogen) atoms. The Morgan fingerprint density at radius 1 is 1.40 bits per heavy atom. The van der Waals surface area contributed by atoms with Crippen molar-refractivity contribution in [1.29, 1.82) is 5.26 Å². The minimum Gasteiger partial charge on any atom is -0.463 e. The van der Waals surface area contributed by atoms with Crippen LogP contribution >= 0.6 is 0 Å². The van der Waals surface area contributed by atoms with Gasteiger partial charge in [0.2, 0.25) is 0 Å². The molecule has 0 aromatic carbocycles. The molecule has 0 bridgehead atoms. The summed E-state index contributed by atoms with van der Waals surface area (Å²) in [5.41, 5.74) is 0. The molecule has 0 amide bonds. The summed E-state index contributed by atoms with van der Waals surface area (Å²) in [6.45, 7) is 1.47. The molecule has 0 aliphatic heterocycles. The Labute approximate surface area is 91.4 Å². The first-order valence-corrected chi connectivity index (χ1v) is 5.76. The van der Waals surface area contributed by atoms with Crippen molar-refractivity contribution in [1.82, 2.24) is 0 Å². The van der Waals surface area contributed by atoms with Crippen LogP contribution in [-0.2, 0) is 9.53 Å². The van der Waals surface area contributed by atoms with Crippen molar-refractivity contribution in [3.05, 3.63) is 0 Å². The second kappa shape index (κ2) is 6.44. The topological polar surface area (TPSA) is 50.1 Å². The van der Waals surface area contributed by atoms with Crippen LogP contribution < -0.4 is 0 Å². The minimum absolute atomic E-state index is 0.148. The summed E-state index contributed by atoms with van der Waals surface area (Å²) < 4.78 is 5.17. The van der Waals surface area contributed by atoms with Gasteiger partial charge >= 0.3 is 5.97 Å². The molecule has 0 heterocycles. The Bertz CT molecular complexity index is 236. The summed E-state index contributed by atoms with van der Waals surface area (Å²) in [6, 6.07) is 2.17. The Morgan fingerprint density at radius 2 is 2.07 bits per heavy atom. The van der Waals surface area contributed by atoms with Gasteiger partial charge in [0.15, 0.2) is 0 Å². The number of ether oxygens (including phenoxy) is 1. The largest absolute Gasteiger partial charge is 0.463 e. The third-order valence-corrected chi connectivity index (χ3v) is 3.03. The monoisotopic (exact) mass is 209 g/mol. The van der Waals surface area contributed by atoms with Crippen LogP contribution in [0.2, 0.25) is 0 Å². The van der Waals surface area contributed by atoms with Gasteiger partial charge in [-0.3, -0.25) is 4.79 Å². The van der Waals surface area contributed by atoms with Gasteiger partial charge in [0.25, 0.3) is 0 Å². The lowest BCUT2D eigenvalue weighted by atomic mass is 9.84. The third kappa shape index (κ3) is 4.83. The molecule has 1 aliphatic rings. The molecule has 0 unspecified atom stereocenters. The first-order valence-electron chi connectivity index (χ1n) is 5.76. The van der Waals surface area contributed by atoms with Gasteiger partial charge in [0.1, 0.15) is 6.10 Å². The molecule has 0 N–H and O–H groups in total. The standard InChI is InChI=1S/C12H19NO2/c1-10(14)15-12-7-5-11(6-8-12)4-2-3-9-13/h11-12H,2-8H2,1H3. The fourth-order valence-corrected chi connectivity index (χ4v) is 2.24. The highest BCUT2D eigenvalue weighted by Crippen LogP contribution is 2.29. The Kier molecular flexibility index (Phi) is 5.17. The number of esters is 1. The molecule has 0 aromatic heterocycles. The molecule has 0 radical (unpaired) electrons. The summed E-state index contributed by atoms with van der Waals surface area (Å²) in [5, 5.41) is 8.43. The van der Waals surface area contributed by atoms with Crippen LogP contribution in [0.15, 0.2) is 0 Å². The fourth-order valence-electron chi connectivity index (χ4n) is 2.24. The number of nitriles is 1. The molecule has 0 aromatic rings. The zero-order valence-electron chi connectivity index (χ0n) is 9.37. The molecule has 3 nitrogen and oxygen atoms in total. The van der Waals surface area contributed by atoms with E-state index in [4.69, 9.17) is 10.00 Å². The van der Waals surface area contributed by atoms with E-state index in [1.165, 1.54) is 6.92 Å². The highest BCUT2D eigenvalue weighted by molar-refractivity contribution is 5.66. The summed E-state index contributed by atoms with van der Waals surface area (Å²) in [6.07, 6.45) is 7.26. The number of unbranched alkanes of at least 4 members (excludes halogenated alkanes) is 1. The van der Waals surface area contributed by atoms with Gasteiger partial charge < -0.3 is 4.74 Å². The number of carbonyl (C=O) groups excluding carboxylic acids is 1. The van der Waals surface area contributed by atoms with Crippen LogP contribution in [0.5, 0.6) is 0 Å². The molecule has 1 rings (SSSR count). The van der Waals surface area contributed by atoms with Crippen LogP contribution in [0.3, 0.4) is 0 Å². The molecule has 0 spiro atoms. The number of hydrogen-bond donors (Lipinski definition) is 0. The van der Waals surface area contributed by atoms with E-state index in [0.717, 1.165) is 44.4 Å². The number of nitrogens with zero attached hydrogens (tertiary/aromatic N) is 1. The van der Waals surface area contributed by atoms with Crippen molar-refractivity contribution < 1.29 is 9.53 Å². The average Bonchev–Trinajstić information content (AvgIpc) is 2.20. The quantitative estimate of drug-likeness (QED) is 0.528. The van der Waals surface area contributed by atoms with Crippen LogP contribution in [0.1, 0.15) is 51.9 Å². The zero-order valence-corrected chi connectivity index (χ0v) is 9.37. The fraction of sp³-hybridized carbons (Fsp3) is 0.833. The lowest BCUT2D eigenvalue weighted by molar-refractivity contribution is -0.148. The molecular weight excluding hydrogens is 190 g/mol. The second-order valence-corrected chi connectivity index (χ2v) is 4.30. The number of hydrogen-bond acceptors (Lipinski definition) is 3. The summed E-state index contributed by atoms with van der Waals surface area (Å²) >= 11 is 0. The normalized spacial score (nSPS) is 25.6. The van der Waals surface area contributed by atoms with E-state index in [1.807, 2.05) is 0 Å². The van der Waals surface area contributed by atoms with E-state index in [9.17, 15) is 4.79 Å². The van der Waals surface area contributed by atoms with Crippen molar-refractivity contribution >= 4 is 5.97 Å².